The first kappa shape index (κ1) is 11.4. The van der Waals surface area contributed by atoms with E-state index < -0.39 is 11.7 Å². The number of alkyl halides is 3. The molecule has 0 aliphatic heterocycles. The molecule has 5 heteroatoms. The molecule has 0 amide bonds. The van der Waals surface area contributed by atoms with Gasteiger partial charge in [-0.25, -0.2) is 4.98 Å². The van der Waals surface area contributed by atoms with Gasteiger partial charge in [-0.2, -0.15) is 13.2 Å². The zero-order chi connectivity index (χ0) is 10.6. The van der Waals surface area contributed by atoms with E-state index >= 15 is 0 Å². The van der Waals surface area contributed by atoms with Crippen molar-refractivity contribution < 1.29 is 13.2 Å². The van der Waals surface area contributed by atoms with Crippen LogP contribution in [0.4, 0.5) is 13.2 Å². The van der Waals surface area contributed by atoms with E-state index in [0.29, 0.717) is 5.03 Å². The molecule has 1 aromatic rings. The smallest absolute Gasteiger partial charge is 0.249 e. The van der Waals surface area contributed by atoms with E-state index in [2.05, 4.69) is 11.9 Å². The molecule has 77 valence electrons. The summed E-state index contributed by atoms with van der Waals surface area (Å²) in [4.78, 5) is 3.70. The number of hydrogen-bond acceptors (Lipinski definition) is 2. The third kappa shape index (κ3) is 3.21. The van der Waals surface area contributed by atoms with Crippen molar-refractivity contribution >= 4 is 11.8 Å². The van der Waals surface area contributed by atoms with Crippen LogP contribution in [0.1, 0.15) is 12.0 Å². The molecule has 0 saturated carbocycles. The van der Waals surface area contributed by atoms with Crippen molar-refractivity contribution in [1.29, 1.82) is 0 Å². The largest absolute Gasteiger partial charge is 0.417 e. The van der Waals surface area contributed by atoms with Gasteiger partial charge in [0.2, 0.25) is 0 Å². The van der Waals surface area contributed by atoms with Crippen molar-refractivity contribution in [3.05, 3.63) is 30.8 Å². The van der Waals surface area contributed by atoms with Gasteiger partial charge in [0.25, 0.3) is 0 Å². The lowest BCUT2D eigenvalue weighted by Gasteiger charge is -2.06. The molecular formula is C9H9F3NS. The summed E-state index contributed by atoms with van der Waals surface area (Å²) in [7, 11) is 0. The molecule has 14 heavy (non-hydrogen) atoms. The molecule has 1 radical (unpaired) electrons. The summed E-state index contributed by atoms with van der Waals surface area (Å²) in [6.07, 6.45) is -2.72. The average molecular weight is 220 g/mol. The molecule has 0 aromatic carbocycles. The molecule has 0 fully saturated rings. The van der Waals surface area contributed by atoms with E-state index in [1.807, 2.05) is 0 Å². The third-order valence-corrected chi connectivity index (χ3v) is 2.49. The minimum atomic E-state index is -4.30. The van der Waals surface area contributed by atoms with Gasteiger partial charge < -0.3 is 0 Å². The quantitative estimate of drug-likeness (QED) is 0.724. The van der Waals surface area contributed by atoms with E-state index in [1.54, 1.807) is 0 Å². The van der Waals surface area contributed by atoms with Crippen LogP contribution in [-0.4, -0.2) is 10.7 Å². The lowest BCUT2D eigenvalue weighted by atomic mass is 10.3. The first-order valence-corrected chi connectivity index (χ1v) is 4.98. The number of thioether (sulfide) groups is 1. The van der Waals surface area contributed by atoms with Crippen LogP contribution in [0.15, 0.2) is 23.4 Å². The maximum absolute atomic E-state index is 12.1. The second kappa shape index (κ2) is 4.68. The van der Waals surface area contributed by atoms with Crippen LogP contribution in [0.3, 0.4) is 0 Å². The highest BCUT2D eigenvalue weighted by Gasteiger charge is 2.30. The maximum Gasteiger partial charge on any atom is 0.417 e. The van der Waals surface area contributed by atoms with Crippen molar-refractivity contribution in [2.45, 2.75) is 17.6 Å². The van der Waals surface area contributed by atoms with Gasteiger partial charge in [-0.1, -0.05) is 6.92 Å². The first-order chi connectivity index (χ1) is 6.54. The Balaban J connectivity index is 2.69. The molecule has 0 aliphatic carbocycles. The zero-order valence-electron chi connectivity index (χ0n) is 7.34. The highest BCUT2D eigenvalue weighted by Crippen LogP contribution is 2.29. The van der Waals surface area contributed by atoms with Gasteiger partial charge in [0, 0.05) is 6.20 Å². The molecule has 1 heterocycles. The highest BCUT2D eigenvalue weighted by molar-refractivity contribution is 7.99. The Kier molecular flexibility index (Phi) is 3.80. The third-order valence-electron chi connectivity index (χ3n) is 1.46. The summed E-state index contributed by atoms with van der Waals surface area (Å²) < 4.78 is 36.3. The molecule has 0 N–H and O–H groups in total. The molecule has 0 spiro atoms. The molecule has 1 aromatic heterocycles. The topological polar surface area (TPSA) is 12.9 Å². The first-order valence-electron chi connectivity index (χ1n) is 3.99. The van der Waals surface area contributed by atoms with Gasteiger partial charge in [0.05, 0.1) is 10.6 Å². The second-order valence-corrected chi connectivity index (χ2v) is 3.70. The summed E-state index contributed by atoms with van der Waals surface area (Å²) in [6, 6.07) is 2.42. The van der Waals surface area contributed by atoms with E-state index in [0.717, 1.165) is 24.4 Å². The number of nitrogens with zero attached hydrogens (tertiary/aromatic N) is 1. The van der Waals surface area contributed by atoms with Crippen LogP contribution in [0.5, 0.6) is 0 Å². The fourth-order valence-electron chi connectivity index (χ4n) is 0.810. The Labute approximate surface area is 84.7 Å². The number of pyridine rings is 1. The van der Waals surface area contributed by atoms with E-state index in [1.165, 1.54) is 17.8 Å². The number of aromatic nitrogens is 1. The summed E-state index contributed by atoms with van der Waals surface area (Å²) in [5, 5.41) is 0.599. The molecule has 1 rings (SSSR count). The van der Waals surface area contributed by atoms with Crippen LogP contribution >= 0.6 is 11.8 Å². The van der Waals surface area contributed by atoms with Crippen molar-refractivity contribution in [1.82, 2.24) is 4.98 Å². The van der Waals surface area contributed by atoms with Gasteiger partial charge in [0.15, 0.2) is 0 Å². The van der Waals surface area contributed by atoms with Crippen LogP contribution in [0.2, 0.25) is 0 Å². The normalized spacial score (nSPS) is 11.7. The van der Waals surface area contributed by atoms with Crippen molar-refractivity contribution in [2.75, 3.05) is 5.75 Å². The average Bonchev–Trinajstić information content (AvgIpc) is 2.14. The fourth-order valence-corrected chi connectivity index (χ4v) is 1.46. The SMILES string of the molecule is [CH2]CCSc1ccc(C(F)(F)F)cn1. The second-order valence-electron chi connectivity index (χ2n) is 2.58. The predicted octanol–water partition coefficient (Wildman–Crippen LogP) is 3.42. The molecular weight excluding hydrogens is 211 g/mol. The maximum atomic E-state index is 12.1. The Bertz CT molecular complexity index is 281. The summed E-state index contributed by atoms with van der Waals surface area (Å²) >= 11 is 1.40. The lowest BCUT2D eigenvalue weighted by Crippen LogP contribution is -2.05. The van der Waals surface area contributed by atoms with Crippen LogP contribution < -0.4 is 0 Å². The van der Waals surface area contributed by atoms with Crippen molar-refractivity contribution in [2.24, 2.45) is 0 Å². The zero-order valence-corrected chi connectivity index (χ0v) is 8.16. The fraction of sp³-hybridized carbons (Fsp3) is 0.333. The van der Waals surface area contributed by atoms with Gasteiger partial charge in [-0.05, 0) is 24.3 Å². The van der Waals surface area contributed by atoms with Crippen LogP contribution in [0, 0.1) is 6.92 Å². The standard InChI is InChI=1S/C9H9F3NS/c1-2-5-14-8-4-3-7(6-13-8)9(10,11)12/h3-4,6H,1-2,5H2. The lowest BCUT2D eigenvalue weighted by molar-refractivity contribution is -0.137. The molecule has 0 bridgehead atoms. The molecule has 1 nitrogen and oxygen atoms in total. The van der Waals surface area contributed by atoms with Crippen LogP contribution in [0.25, 0.3) is 0 Å². The summed E-state index contributed by atoms with van der Waals surface area (Å²) in [5.74, 6) is 0.762. The number of rotatable bonds is 3. The van der Waals surface area contributed by atoms with Crippen molar-refractivity contribution in [3.63, 3.8) is 0 Å². The Morgan fingerprint density at radius 3 is 2.50 bits per heavy atom. The van der Waals surface area contributed by atoms with Gasteiger partial charge in [0.1, 0.15) is 0 Å². The molecule has 0 saturated heterocycles. The van der Waals surface area contributed by atoms with Gasteiger partial charge in [-0.3, -0.25) is 0 Å². The van der Waals surface area contributed by atoms with Crippen molar-refractivity contribution in [3.8, 4) is 0 Å². The molecule has 0 unspecified atom stereocenters. The van der Waals surface area contributed by atoms with Gasteiger partial charge >= 0.3 is 6.18 Å². The minimum Gasteiger partial charge on any atom is -0.249 e. The van der Waals surface area contributed by atoms with E-state index in [-0.39, 0.29) is 0 Å². The minimum absolute atomic E-state index is 0.599. The Morgan fingerprint density at radius 1 is 1.36 bits per heavy atom. The Morgan fingerprint density at radius 2 is 2.07 bits per heavy atom. The number of hydrogen-bond donors (Lipinski definition) is 0. The Hall–Kier alpha value is -0.710. The highest BCUT2D eigenvalue weighted by atomic mass is 32.2. The number of halogens is 3. The summed E-state index contributed by atoms with van der Waals surface area (Å²) in [6.45, 7) is 3.63. The van der Waals surface area contributed by atoms with E-state index in [9.17, 15) is 13.2 Å². The molecule has 0 atom stereocenters. The van der Waals surface area contributed by atoms with Gasteiger partial charge in [-0.15, -0.1) is 11.8 Å². The van der Waals surface area contributed by atoms with E-state index in [4.69, 9.17) is 0 Å². The predicted molar refractivity (Wildman–Crippen MR) is 49.9 cm³/mol. The monoisotopic (exact) mass is 220 g/mol. The molecule has 0 aliphatic rings. The summed E-state index contributed by atoms with van der Waals surface area (Å²) in [5.41, 5.74) is -0.712. The van der Waals surface area contributed by atoms with Crippen LogP contribution in [-0.2, 0) is 6.18 Å².